The number of rotatable bonds is 3. The van der Waals surface area contributed by atoms with Crippen molar-refractivity contribution in [2.75, 3.05) is 7.05 Å². The van der Waals surface area contributed by atoms with E-state index in [2.05, 4.69) is 24.1 Å². The second kappa shape index (κ2) is 3.83. The van der Waals surface area contributed by atoms with E-state index < -0.39 is 0 Å². The van der Waals surface area contributed by atoms with E-state index in [0.29, 0.717) is 0 Å². The minimum absolute atomic E-state index is 0.953. The number of aryl methyl sites for hydroxylation is 2. The Morgan fingerprint density at radius 3 is 2.82 bits per heavy atom. The fourth-order valence-electron chi connectivity index (χ4n) is 1.09. The fraction of sp³-hybridized carbons (Fsp3) is 0.625. The first kappa shape index (κ1) is 8.68. The van der Waals surface area contributed by atoms with Crippen LogP contribution in [-0.4, -0.2) is 12.0 Å². The number of hydrogen-bond donors (Lipinski definition) is 1. The van der Waals surface area contributed by atoms with Crippen molar-refractivity contribution in [3.63, 3.8) is 0 Å². The summed E-state index contributed by atoms with van der Waals surface area (Å²) < 4.78 is 0. The molecule has 0 aliphatic carbocycles. The third kappa shape index (κ3) is 2.01. The summed E-state index contributed by atoms with van der Waals surface area (Å²) in [5.74, 6) is 0. The van der Waals surface area contributed by atoms with Crippen molar-refractivity contribution in [1.82, 2.24) is 10.3 Å². The highest BCUT2D eigenvalue weighted by Crippen LogP contribution is 2.17. The Labute approximate surface area is 71.7 Å². The van der Waals surface area contributed by atoms with E-state index in [9.17, 15) is 0 Å². The first-order chi connectivity index (χ1) is 5.27. The van der Waals surface area contributed by atoms with Crippen molar-refractivity contribution in [2.24, 2.45) is 0 Å². The number of aromatic nitrogens is 1. The molecule has 0 spiro atoms. The van der Waals surface area contributed by atoms with E-state index in [0.717, 1.165) is 13.0 Å². The second-order valence-corrected chi connectivity index (χ2v) is 3.77. The molecular formula is C8H14N2S. The summed E-state index contributed by atoms with van der Waals surface area (Å²) in [6.45, 7) is 5.16. The minimum Gasteiger partial charge on any atom is -0.315 e. The third-order valence-corrected chi connectivity index (χ3v) is 2.57. The third-order valence-electron chi connectivity index (χ3n) is 1.56. The number of hydrogen-bond acceptors (Lipinski definition) is 3. The largest absolute Gasteiger partial charge is 0.315 e. The Kier molecular flexibility index (Phi) is 3.02. The van der Waals surface area contributed by atoms with Crippen LogP contribution in [0, 0.1) is 6.92 Å². The molecule has 0 aromatic carbocycles. The summed E-state index contributed by atoms with van der Waals surface area (Å²) in [6, 6.07) is 0. The summed E-state index contributed by atoms with van der Waals surface area (Å²) in [5.41, 5.74) is 1.25. The molecule has 11 heavy (non-hydrogen) atoms. The molecular weight excluding hydrogens is 156 g/mol. The van der Waals surface area contributed by atoms with Gasteiger partial charge in [0.25, 0.3) is 0 Å². The van der Waals surface area contributed by atoms with Crippen LogP contribution in [0.25, 0.3) is 0 Å². The molecule has 0 saturated heterocycles. The Hall–Kier alpha value is -0.410. The van der Waals surface area contributed by atoms with Gasteiger partial charge in [-0.3, -0.25) is 0 Å². The average Bonchev–Trinajstić information content (AvgIpc) is 2.32. The summed E-state index contributed by atoms with van der Waals surface area (Å²) in [7, 11) is 1.97. The highest BCUT2D eigenvalue weighted by molar-refractivity contribution is 7.11. The normalized spacial score (nSPS) is 10.5. The van der Waals surface area contributed by atoms with Gasteiger partial charge >= 0.3 is 0 Å². The second-order valence-electron chi connectivity index (χ2n) is 2.49. The van der Waals surface area contributed by atoms with Gasteiger partial charge in [0.1, 0.15) is 0 Å². The fourth-order valence-corrected chi connectivity index (χ4v) is 2.12. The summed E-state index contributed by atoms with van der Waals surface area (Å²) in [4.78, 5) is 5.81. The Morgan fingerprint density at radius 1 is 1.55 bits per heavy atom. The zero-order valence-electron chi connectivity index (χ0n) is 7.27. The lowest BCUT2D eigenvalue weighted by Crippen LogP contribution is -2.05. The van der Waals surface area contributed by atoms with E-state index >= 15 is 0 Å². The van der Waals surface area contributed by atoms with Gasteiger partial charge in [-0.25, -0.2) is 4.98 Å². The van der Waals surface area contributed by atoms with Gasteiger partial charge in [-0.15, -0.1) is 11.3 Å². The van der Waals surface area contributed by atoms with Gasteiger partial charge in [0.15, 0.2) is 0 Å². The molecule has 0 bridgehead atoms. The van der Waals surface area contributed by atoms with Crippen LogP contribution in [0.15, 0.2) is 0 Å². The molecule has 1 heterocycles. The van der Waals surface area contributed by atoms with Crippen LogP contribution in [0.1, 0.15) is 22.5 Å². The molecule has 3 heteroatoms. The molecule has 0 aliphatic heterocycles. The maximum Gasteiger partial charge on any atom is 0.0900 e. The number of nitrogens with one attached hydrogen (secondary N) is 1. The van der Waals surface area contributed by atoms with Crippen molar-refractivity contribution in [3.05, 3.63) is 15.6 Å². The highest BCUT2D eigenvalue weighted by Gasteiger charge is 2.04. The molecule has 1 aromatic rings. The topological polar surface area (TPSA) is 24.9 Å². The summed E-state index contributed by atoms with van der Waals surface area (Å²) >= 11 is 1.79. The van der Waals surface area contributed by atoms with Crippen LogP contribution >= 0.6 is 11.3 Å². The molecule has 1 rings (SSSR count). The lowest BCUT2D eigenvalue weighted by atomic mass is 10.3. The zero-order valence-corrected chi connectivity index (χ0v) is 8.09. The molecule has 2 nitrogen and oxygen atoms in total. The predicted molar refractivity (Wildman–Crippen MR) is 49.0 cm³/mol. The predicted octanol–water partition coefficient (Wildman–Crippen LogP) is 1.73. The average molecular weight is 170 g/mol. The molecule has 0 atom stereocenters. The highest BCUT2D eigenvalue weighted by atomic mass is 32.1. The van der Waals surface area contributed by atoms with Crippen molar-refractivity contribution >= 4 is 11.3 Å². The molecule has 0 unspecified atom stereocenters. The summed E-state index contributed by atoms with van der Waals surface area (Å²) in [5, 5.41) is 4.32. The van der Waals surface area contributed by atoms with Crippen LogP contribution in [0.3, 0.4) is 0 Å². The molecule has 1 aromatic heterocycles. The lowest BCUT2D eigenvalue weighted by Gasteiger charge is -1.96. The monoisotopic (exact) mass is 170 g/mol. The molecule has 0 amide bonds. The van der Waals surface area contributed by atoms with Crippen molar-refractivity contribution in [3.8, 4) is 0 Å². The maximum atomic E-state index is 4.43. The minimum atomic E-state index is 0.953. The van der Waals surface area contributed by atoms with Gasteiger partial charge in [0.05, 0.1) is 10.7 Å². The Morgan fingerprint density at radius 2 is 2.27 bits per heavy atom. The van der Waals surface area contributed by atoms with E-state index in [1.165, 1.54) is 15.6 Å². The van der Waals surface area contributed by atoms with Gasteiger partial charge < -0.3 is 5.32 Å². The standard InChI is InChI=1S/C8H14N2S/c1-4-7-8(5-9-3)11-6(2)10-7/h9H,4-5H2,1-3H3. The van der Waals surface area contributed by atoms with Gasteiger partial charge in [-0.05, 0) is 20.4 Å². The lowest BCUT2D eigenvalue weighted by molar-refractivity contribution is 0.814. The van der Waals surface area contributed by atoms with Crippen LogP contribution in [0.2, 0.25) is 0 Å². The van der Waals surface area contributed by atoms with E-state index in [1.54, 1.807) is 11.3 Å². The molecule has 62 valence electrons. The molecule has 0 aliphatic rings. The Balaban J connectivity index is 2.83. The Bertz CT molecular complexity index is 230. The summed E-state index contributed by atoms with van der Waals surface area (Å²) in [6.07, 6.45) is 1.04. The quantitative estimate of drug-likeness (QED) is 0.747. The van der Waals surface area contributed by atoms with E-state index in [-0.39, 0.29) is 0 Å². The molecule has 0 fully saturated rings. The SMILES string of the molecule is CCc1nc(C)sc1CNC. The van der Waals surface area contributed by atoms with Crippen LogP contribution in [0.4, 0.5) is 0 Å². The van der Waals surface area contributed by atoms with Crippen LogP contribution in [-0.2, 0) is 13.0 Å². The van der Waals surface area contributed by atoms with Crippen LogP contribution < -0.4 is 5.32 Å². The smallest absolute Gasteiger partial charge is 0.0900 e. The number of thiazole rings is 1. The first-order valence-electron chi connectivity index (χ1n) is 3.87. The zero-order chi connectivity index (χ0) is 8.27. The van der Waals surface area contributed by atoms with Gasteiger partial charge in [0.2, 0.25) is 0 Å². The maximum absolute atomic E-state index is 4.43. The van der Waals surface area contributed by atoms with Gasteiger partial charge in [-0.2, -0.15) is 0 Å². The van der Waals surface area contributed by atoms with Crippen molar-refractivity contribution < 1.29 is 0 Å². The molecule has 0 saturated carbocycles. The van der Waals surface area contributed by atoms with Crippen LogP contribution in [0.5, 0.6) is 0 Å². The van der Waals surface area contributed by atoms with Gasteiger partial charge in [-0.1, -0.05) is 6.92 Å². The van der Waals surface area contributed by atoms with E-state index in [4.69, 9.17) is 0 Å². The molecule has 0 radical (unpaired) electrons. The van der Waals surface area contributed by atoms with Crippen molar-refractivity contribution in [1.29, 1.82) is 0 Å². The van der Waals surface area contributed by atoms with Gasteiger partial charge in [0, 0.05) is 11.4 Å². The molecule has 1 N–H and O–H groups in total. The van der Waals surface area contributed by atoms with Crippen molar-refractivity contribution in [2.45, 2.75) is 26.8 Å². The van der Waals surface area contributed by atoms with E-state index in [1.807, 2.05) is 7.05 Å². The number of nitrogens with zero attached hydrogens (tertiary/aromatic N) is 1. The first-order valence-corrected chi connectivity index (χ1v) is 4.69.